The van der Waals surface area contributed by atoms with Crippen molar-refractivity contribution < 1.29 is 19.1 Å². The van der Waals surface area contributed by atoms with Gasteiger partial charge in [-0.1, -0.05) is 56.3 Å². The average Bonchev–Trinajstić information content (AvgIpc) is 2.65. The number of amides is 1. The third-order valence-corrected chi connectivity index (χ3v) is 4.00. The summed E-state index contributed by atoms with van der Waals surface area (Å²) in [5.74, 6) is 0.325. The fraction of sp³-hybridized carbons (Fsp3) is 0.364. The van der Waals surface area contributed by atoms with Crippen molar-refractivity contribution in [2.45, 2.75) is 39.3 Å². The second-order valence-corrected chi connectivity index (χ2v) is 6.87. The molecule has 1 atom stereocenters. The van der Waals surface area contributed by atoms with Crippen LogP contribution in [-0.2, 0) is 27.4 Å². The van der Waals surface area contributed by atoms with Gasteiger partial charge in [0.15, 0.2) is 0 Å². The van der Waals surface area contributed by atoms with Crippen LogP contribution in [-0.4, -0.2) is 25.0 Å². The average molecular weight is 369 g/mol. The second-order valence-electron chi connectivity index (χ2n) is 6.87. The van der Waals surface area contributed by atoms with Gasteiger partial charge in [0, 0.05) is 12.8 Å². The van der Waals surface area contributed by atoms with E-state index in [9.17, 15) is 9.59 Å². The molecule has 144 valence electrons. The van der Waals surface area contributed by atoms with Gasteiger partial charge in [-0.05, 0) is 29.2 Å². The quantitative estimate of drug-likeness (QED) is 0.687. The van der Waals surface area contributed by atoms with Crippen molar-refractivity contribution in [1.82, 2.24) is 5.32 Å². The fourth-order valence-electron chi connectivity index (χ4n) is 2.70. The Hall–Kier alpha value is -2.82. The molecule has 1 amide bonds. The van der Waals surface area contributed by atoms with Crippen LogP contribution in [0.3, 0.4) is 0 Å². The molecule has 2 rings (SSSR count). The van der Waals surface area contributed by atoms with Crippen LogP contribution in [0.1, 0.15) is 31.4 Å². The smallest absolute Gasteiger partial charge is 0.328 e. The van der Waals surface area contributed by atoms with Gasteiger partial charge in [-0.25, -0.2) is 4.79 Å². The number of esters is 1. The molecule has 0 bridgehead atoms. The lowest BCUT2D eigenvalue weighted by Crippen LogP contribution is -2.43. The highest BCUT2D eigenvalue weighted by Gasteiger charge is 2.22. The van der Waals surface area contributed by atoms with Crippen LogP contribution in [0.15, 0.2) is 54.6 Å². The summed E-state index contributed by atoms with van der Waals surface area (Å²) < 4.78 is 10.7. The highest BCUT2D eigenvalue weighted by atomic mass is 16.5. The van der Waals surface area contributed by atoms with Gasteiger partial charge >= 0.3 is 5.97 Å². The van der Waals surface area contributed by atoms with Crippen LogP contribution in [0.2, 0.25) is 0 Å². The number of methoxy groups -OCH3 is 1. The predicted molar refractivity (Wildman–Crippen MR) is 104 cm³/mol. The molecule has 0 heterocycles. The minimum atomic E-state index is -0.717. The molecule has 5 nitrogen and oxygen atoms in total. The number of hydrogen-bond acceptors (Lipinski definition) is 4. The standard InChI is InChI=1S/C22H27NO4/c1-16(2)12-21(24)23-20(22(25)26-3)14-18-10-7-11-19(13-18)27-15-17-8-5-4-6-9-17/h4-11,13,16,20H,12,14-15H2,1-3H3,(H,23,24)/t20-/m1/s1. The zero-order valence-electron chi connectivity index (χ0n) is 16.1. The molecule has 0 aliphatic carbocycles. The molecule has 1 N–H and O–H groups in total. The van der Waals surface area contributed by atoms with Crippen molar-refractivity contribution in [3.63, 3.8) is 0 Å². The second kappa shape index (κ2) is 10.4. The monoisotopic (exact) mass is 369 g/mol. The van der Waals surface area contributed by atoms with Crippen LogP contribution in [0.4, 0.5) is 0 Å². The van der Waals surface area contributed by atoms with Gasteiger partial charge in [-0.2, -0.15) is 0 Å². The Balaban J connectivity index is 2.02. The molecule has 2 aromatic rings. The summed E-state index contributed by atoms with van der Waals surface area (Å²) >= 11 is 0. The molecule has 2 aromatic carbocycles. The molecule has 27 heavy (non-hydrogen) atoms. The molecule has 0 aliphatic rings. The van der Waals surface area contributed by atoms with Gasteiger partial charge in [-0.15, -0.1) is 0 Å². The first-order chi connectivity index (χ1) is 13.0. The molecule has 0 radical (unpaired) electrons. The van der Waals surface area contributed by atoms with E-state index in [4.69, 9.17) is 9.47 Å². The van der Waals surface area contributed by atoms with Gasteiger partial charge in [0.05, 0.1) is 7.11 Å². The molecule has 0 saturated carbocycles. The van der Waals surface area contributed by atoms with E-state index in [-0.39, 0.29) is 11.8 Å². The molecule has 0 unspecified atom stereocenters. The largest absolute Gasteiger partial charge is 0.489 e. The molecular formula is C22H27NO4. The number of nitrogens with one attached hydrogen (secondary N) is 1. The summed E-state index contributed by atoms with van der Waals surface area (Å²) in [5, 5.41) is 2.77. The Kier molecular flexibility index (Phi) is 7.86. The lowest BCUT2D eigenvalue weighted by molar-refractivity contribution is -0.145. The molecule has 0 spiro atoms. The Morgan fingerprint density at radius 3 is 2.37 bits per heavy atom. The number of benzene rings is 2. The Labute approximate surface area is 160 Å². The number of ether oxygens (including phenoxy) is 2. The topological polar surface area (TPSA) is 64.6 Å². The van der Waals surface area contributed by atoms with E-state index in [1.165, 1.54) is 7.11 Å². The van der Waals surface area contributed by atoms with Crippen LogP contribution < -0.4 is 10.1 Å². The molecule has 0 aliphatic heterocycles. The van der Waals surface area contributed by atoms with Crippen molar-refractivity contribution in [3.8, 4) is 5.75 Å². The third kappa shape index (κ3) is 7.13. The first-order valence-corrected chi connectivity index (χ1v) is 9.10. The normalized spacial score (nSPS) is 11.7. The summed E-state index contributed by atoms with van der Waals surface area (Å²) in [6.45, 7) is 4.39. The summed E-state index contributed by atoms with van der Waals surface area (Å²) in [5.41, 5.74) is 1.97. The van der Waals surface area contributed by atoms with E-state index in [0.29, 0.717) is 25.2 Å². The van der Waals surface area contributed by atoms with E-state index in [1.54, 1.807) is 0 Å². The molecule has 0 saturated heterocycles. The van der Waals surface area contributed by atoms with Gasteiger partial charge < -0.3 is 14.8 Å². The summed E-state index contributed by atoms with van der Waals surface area (Å²) in [6, 6.07) is 16.7. The SMILES string of the molecule is COC(=O)[C@@H](Cc1cccc(OCc2ccccc2)c1)NC(=O)CC(C)C. The lowest BCUT2D eigenvalue weighted by Gasteiger charge is -2.18. The number of hydrogen-bond donors (Lipinski definition) is 1. The highest BCUT2D eigenvalue weighted by molar-refractivity contribution is 5.84. The van der Waals surface area contributed by atoms with Gasteiger partial charge in [0.1, 0.15) is 18.4 Å². The Morgan fingerprint density at radius 2 is 1.70 bits per heavy atom. The van der Waals surface area contributed by atoms with E-state index in [0.717, 1.165) is 11.1 Å². The first-order valence-electron chi connectivity index (χ1n) is 9.10. The number of rotatable bonds is 9. The third-order valence-electron chi connectivity index (χ3n) is 4.00. The van der Waals surface area contributed by atoms with Crippen LogP contribution >= 0.6 is 0 Å². The highest BCUT2D eigenvalue weighted by Crippen LogP contribution is 2.17. The van der Waals surface area contributed by atoms with Crippen molar-refractivity contribution in [2.24, 2.45) is 5.92 Å². The number of carbonyl (C=O) groups excluding carboxylic acids is 2. The minimum Gasteiger partial charge on any atom is -0.489 e. The van der Waals surface area contributed by atoms with Crippen molar-refractivity contribution in [3.05, 3.63) is 65.7 Å². The van der Waals surface area contributed by atoms with Crippen molar-refractivity contribution >= 4 is 11.9 Å². The zero-order valence-corrected chi connectivity index (χ0v) is 16.1. The van der Waals surface area contributed by atoms with E-state index >= 15 is 0 Å². The van der Waals surface area contributed by atoms with E-state index < -0.39 is 12.0 Å². The molecule has 5 heteroatoms. The van der Waals surface area contributed by atoms with Crippen LogP contribution in [0.25, 0.3) is 0 Å². The summed E-state index contributed by atoms with van der Waals surface area (Å²) in [6.07, 6.45) is 0.715. The zero-order chi connectivity index (χ0) is 19.6. The molecule has 0 fully saturated rings. The summed E-state index contributed by atoms with van der Waals surface area (Å²) in [4.78, 5) is 24.1. The number of carbonyl (C=O) groups is 2. The maximum atomic E-state index is 12.1. The van der Waals surface area contributed by atoms with Gasteiger partial charge in [-0.3, -0.25) is 4.79 Å². The summed E-state index contributed by atoms with van der Waals surface area (Å²) in [7, 11) is 1.32. The molecular weight excluding hydrogens is 342 g/mol. The van der Waals surface area contributed by atoms with Crippen LogP contribution in [0.5, 0.6) is 5.75 Å². The minimum absolute atomic E-state index is 0.156. The Bertz CT molecular complexity index is 743. The maximum Gasteiger partial charge on any atom is 0.328 e. The van der Waals surface area contributed by atoms with Crippen LogP contribution in [0, 0.1) is 5.92 Å². The Morgan fingerprint density at radius 1 is 1.00 bits per heavy atom. The van der Waals surface area contributed by atoms with Gasteiger partial charge in [0.25, 0.3) is 0 Å². The fourth-order valence-corrected chi connectivity index (χ4v) is 2.70. The van der Waals surface area contributed by atoms with E-state index in [2.05, 4.69) is 5.32 Å². The lowest BCUT2D eigenvalue weighted by atomic mass is 10.0. The molecule has 0 aromatic heterocycles. The van der Waals surface area contributed by atoms with Crippen molar-refractivity contribution in [2.75, 3.05) is 7.11 Å². The van der Waals surface area contributed by atoms with Gasteiger partial charge in [0.2, 0.25) is 5.91 Å². The van der Waals surface area contributed by atoms with E-state index in [1.807, 2.05) is 68.4 Å². The predicted octanol–water partition coefficient (Wildman–Crippen LogP) is 3.51. The van der Waals surface area contributed by atoms with Crippen molar-refractivity contribution in [1.29, 1.82) is 0 Å². The maximum absolute atomic E-state index is 12.1. The first kappa shape index (κ1) is 20.5.